The van der Waals surface area contributed by atoms with Crippen LogP contribution in [-0.4, -0.2) is 27.1 Å². The molecule has 2 rings (SSSR count). The van der Waals surface area contributed by atoms with Gasteiger partial charge in [0.15, 0.2) is 0 Å². The van der Waals surface area contributed by atoms with Gasteiger partial charge in [0.25, 0.3) is 0 Å². The number of aromatic nitrogens is 2. The molecular formula is C12H10Br2N4O3. The molecule has 0 unspecified atom stereocenters. The fourth-order valence-corrected chi connectivity index (χ4v) is 2.91. The molecular weight excluding hydrogens is 408 g/mol. The summed E-state index contributed by atoms with van der Waals surface area (Å²) < 4.78 is 1.06. The predicted octanol–water partition coefficient (Wildman–Crippen LogP) is 2.95. The number of nitrogens with one attached hydrogen (secondary N) is 3. The third-order valence-corrected chi connectivity index (χ3v) is 3.60. The van der Waals surface area contributed by atoms with Crippen LogP contribution in [0.1, 0.15) is 16.1 Å². The number of amides is 2. The Balaban J connectivity index is 2.11. The summed E-state index contributed by atoms with van der Waals surface area (Å²) in [5.41, 5.74) is 0.902. The molecule has 9 heteroatoms. The lowest BCUT2D eigenvalue weighted by molar-refractivity contribution is 0.0698. The van der Waals surface area contributed by atoms with E-state index in [0.717, 1.165) is 5.69 Å². The molecule has 1 aromatic carbocycles. The Hall–Kier alpha value is -1.87. The molecule has 110 valence electrons. The van der Waals surface area contributed by atoms with Gasteiger partial charge in [-0.15, -0.1) is 0 Å². The molecule has 0 radical (unpaired) electrons. The zero-order chi connectivity index (χ0) is 15.4. The topological polar surface area (TPSA) is 107 Å². The molecule has 0 aliphatic carbocycles. The molecule has 21 heavy (non-hydrogen) atoms. The summed E-state index contributed by atoms with van der Waals surface area (Å²) >= 11 is 6.44. The number of imidazole rings is 1. The van der Waals surface area contributed by atoms with Gasteiger partial charge < -0.3 is 20.7 Å². The van der Waals surface area contributed by atoms with Crippen molar-refractivity contribution in [3.63, 3.8) is 0 Å². The van der Waals surface area contributed by atoms with E-state index in [0.29, 0.717) is 8.95 Å². The van der Waals surface area contributed by atoms with Gasteiger partial charge in [-0.25, -0.2) is 14.6 Å². The average Bonchev–Trinajstić information content (AvgIpc) is 2.92. The molecule has 0 spiro atoms. The number of nitrogens with zero attached hydrogens (tertiary/aromatic N) is 1. The lowest BCUT2D eigenvalue weighted by Gasteiger charge is -2.12. The Labute approximate surface area is 136 Å². The Morgan fingerprint density at radius 1 is 1.33 bits per heavy atom. The van der Waals surface area contributed by atoms with Crippen LogP contribution in [0.15, 0.2) is 33.6 Å². The molecule has 1 aromatic heterocycles. The number of anilines is 1. The Kier molecular flexibility index (Phi) is 4.97. The molecule has 0 saturated heterocycles. The minimum Gasteiger partial charge on any atom is -0.478 e. The van der Waals surface area contributed by atoms with Crippen molar-refractivity contribution in [3.8, 4) is 0 Å². The van der Waals surface area contributed by atoms with E-state index < -0.39 is 12.0 Å². The molecule has 0 atom stereocenters. The van der Waals surface area contributed by atoms with Gasteiger partial charge in [-0.05, 0) is 28.1 Å². The van der Waals surface area contributed by atoms with Crippen LogP contribution < -0.4 is 10.6 Å². The van der Waals surface area contributed by atoms with Crippen LogP contribution in [0, 0.1) is 0 Å². The minimum absolute atomic E-state index is 0.0204. The number of benzene rings is 1. The second-order valence-electron chi connectivity index (χ2n) is 4.00. The van der Waals surface area contributed by atoms with Gasteiger partial charge in [-0.3, -0.25) is 0 Å². The number of carbonyl (C=O) groups excluding carboxylic acids is 1. The number of carboxylic acids is 1. The maximum atomic E-state index is 11.8. The van der Waals surface area contributed by atoms with Crippen LogP contribution in [0.25, 0.3) is 0 Å². The fourth-order valence-electron chi connectivity index (χ4n) is 1.58. The standard InChI is InChI=1S/C12H10Br2N4O3/c13-6-1-8(11(19)20)10(9(14)2-6)18-12(21)16-4-7-3-15-5-17-7/h1-3,5H,4H2,(H,15,17)(H,19,20)(H2,16,18,21). The van der Waals surface area contributed by atoms with Crippen LogP contribution in [0.4, 0.5) is 10.5 Å². The van der Waals surface area contributed by atoms with Crippen LogP contribution in [0.3, 0.4) is 0 Å². The van der Waals surface area contributed by atoms with Crippen molar-refractivity contribution in [2.24, 2.45) is 0 Å². The second-order valence-corrected chi connectivity index (χ2v) is 5.77. The van der Waals surface area contributed by atoms with Crippen molar-refractivity contribution >= 4 is 49.5 Å². The van der Waals surface area contributed by atoms with Crippen molar-refractivity contribution < 1.29 is 14.7 Å². The molecule has 0 aliphatic rings. The zero-order valence-electron chi connectivity index (χ0n) is 10.5. The molecule has 0 aliphatic heterocycles. The van der Waals surface area contributed by atoms with Crippen molar-refractivity contribution in [3.05, 3.63) is 44.9 Å². The summed E-state index contributed by atoms with van der Waals surface area (Å²) in [5, 5.41) is 14.3. The number of urea groups is 1. The predicted molar refractivity (Wildman–Crippen MR) is 83.2 cm³/mol. The lowest BCUT2D eigenvalue weighted by atomic mass is 10.2. The van der Waals surface area contributed by atoms with E-state index in [9.17, 15) is 14.7 Å². The molecule has 7 nitrogen and oxygen atoms in total. The van der Waals surface area contributed by atoms with Crippen molar-refractivity contribution in [1.29, 1.82) is 0 Å². The van der Waals surface area contributed by atoms with Gasteiger partial charge in [-0.1, -0.05) is 15.9 Å². The maximum absolute atomic E-state index is 11.8. The number of rotatable bonds is 4. The highest BCUT2D eigenvalue weighted by Gasteiger charge is 2.16. The smallest absolute Gasteiger partial charge is 0.337 e. The monoisotopic (exact) mass is 416 g/mol. The SMILES string of the molecule is O=C(NCc1cnc[nH]1)Nc1c(Br)cc(Br)cc1C(=O)O. The summed E-state index contributed by atoms with van der Waals surface area (Å²) in [6.45, 7) is 0.252. The highest BCUT2D eigenvalue weighted by molar-refractivity contribution is 9.11. The highest BCUT2D eigenvalue weighted by Crippen LogP contribution is 2.30. The van der Waals surface area contributed by atoms with E-state index in [1.807, 2.05) is 0 Å². The first-order valence-corrected chi connectivity index (χ1v) is 7.30. The average molecular weight is 418 g/mol. The third kappa shape index (κ3) is 4.05. The summed E-state index contributed by atoms with van der Waals surface area (Å²) in [7, 11) is 0. The van der Waals surface area contributed by atoms with Gasteiger partial charge in [0, 0.05) is 15.1 Å². The molecule has 4 N–H and O–H groups in total. The minimum atomic E-state index is -1.14. The molecule has 0 bridgehead atoms. The van der Waals surface area contributed by atoms with Crippen molar-refractivity contribution in [2.75, 3.05) is 5.32 Å². The van der Waals surface area contributed by atoms with Gasteiger partial charge in [0.2, 0.25) is 0 Å². The molecule has 2 amide bonds. The summed E-state index contributed by atoms with van der Waals surface area (Å²) in [4.78, 5) is 29.7. The van der Waals surface area contributed by atoms with Crippen LogP contribution in [0.2, 0.25) is 0 Å². The highest BCUT2D eigenvalue weighted by atomic mass is 79.9. The first-order valence-electron chi connectivity index (χ1n) is 5.72. The first kappa shape index (κ1) is 15.5. The van der Waals surface area contributed by atoms with E-state index in [-0.39, 0.29) is 17.8 Å². The van der Waals surface area contributed by atoms with Gasteiger partial charge >= 0.3 is 12.0 Å². The molecule has 0 saturated carbocycles. The number of aromatic amines is 1. The van der Waals surface area contributed by atoms with Crippen molar-refractivity contribution in [2.45, 2.75) is 6.54 Å². The molecule has 2 aromatic rings. The van der Waals surface area contributed by atoms with Crippen LogP contribution >= 0.6 is 31.9 Å². The largest absolute Gasteiger partial charge is 0.478 e. The molecule has 1 heterocycles. The number of carbonyl (C=O) groups is 2. The van der Waals surface area contributed by atoms with E-state index in [4.69, 9.17) is 0 Å². The number of halogens is 2. The number of H-pyrrole nitrogens is 1. The summed E-state index contributed by atoms with van der Waals surface area (Å²) in [5.74, 6) is -1.14. The summed E-state index contributed by atoms with van der Waals surface area (Å²) in [6.07, 6.45) is 3.08. The van der Waals surface area contributed by atoms with E-state index >= 15 is 0 Å². The Morgan fingerprint density at radius 3 is 2.71 bits per heavy atom. The molecule has 0 fully saturated rings. The Morgan fingerprint density at radius 2 is 2.10 bits per heavy atom. The quantitative estimate of drug-likeness (QED) is 0.613. The van der Waals surface area contributed by atoms with Crippen LogP contribution in [0.5, 0.6) is 0 Å². The number of carboxylic acid groups (broad SMARTS) is 1. The fraction of sp³-hybridized carbons (Fsp3) is 0.0833. The number of hydrogen-bond donors (Lipinski definition) is 4. The van der Waals surface area contributed by atoms with Gasteiger partial charge in [0.1, 0.15) is 0 Å². The second kappa shape index (κ2) is 6.72. The number of aromatic carboxylic acids is 1. The zero-order valence-corrected chi connectivity index (χ0v) is 13.7. The first-order chi connectivity index (χ1) is 9.97. The summed E-state index contributed by atoms with van der Waals surface area (Å²) in [6, 6.07) is 2.55. The number of hydrogen-bond acceptors (Lipinski definition) is 3. The van der Waals surface area contributed by atoms with Gasteiger partial charge in [-0.2, -0.15) is 0 Å². The third-order valence-electron chi connectivity index (χ3n) is 2.52. The van der Waals surface area contributed by atoms with Gasteiger partial charge in [0.05, 0.1) is 29.8 Å². The van der Waals surface area contributed by atoms with Crippen molar-refractivity contribution in [1.82, 2.24) is 15.3 Å². The normalized spacial score (nSPS) is 10.2. The lowest BCUT2D eigenvalue weighted by Crippen LogP contribution is -2.29. The van der Waals surface area contributed by atoms with E-state index in [1.54, 1.807) is 12.3 Å². The Bertz CT molecular complexity index is 673. The van der Waals surface area contributed by atoms with E-state index in [1.165, 1.54) is 12.4 Å². The van der Waals surface area contributed by atoms with E-state index in [2.05, 4.69) is 52.5 Å². The maximum Gasteiger partial charge on any atom is 0.337 e. The van der Waals surface area contributed by atoms with Crippen LogP contribution in [-0.2, 0) is 6.54 Å².